The lowest BCUT2D eigenvalue weighted by Gasteiger charge is -2.33. The van der Waals surface area contributed by atoms with E-state index in [1.165, 1.54) is 6.07 Å². The summed E-state index contributed by atoms with van der Waals surface area (Å²) in [5.74, 6) is 0.742. The Hall–Kier alpha value is -2.11. The van der Waals surface area contributed by atoms with E-state index < -0.39 is 0 Å². The van der Waals surface area contributed by atoms with Crippen LogP contribution in [0.25, 0.3) is 11.0 Å². The fourth-order valence-electron chi connectivity index (χ4n) is 3.70. The highest BCUT2D eigenvalue weighted by Crippen LogP contribution is 2.29. The van der Waals surface area contributed by atoms with E-state index in [0.717, 1.165) is 42.9 Å². The minimum absolute atomic E-state index is 0.176. The molecule has 0 bridgehead atoms. The van der Waals surface area contributed by atoms with Gasteiger partial charge in [0.15, 0.2) is 0 Å². The van der Waals surface area contributed by atoms with Crippen LogP contribution >= 0.6 is 11.6 Å². The third kappa shape index (κ3) is 3.17. The number of halogens is 2. The molecule has 1 aliphatic rings. The van der Waals surface area contributed by atoms with Crippen LogP contribution in [-0.4, -0.2) is 34.4 Å². The van der Waals surface area contributed by atoms with Gasteiger partial charge >= 0.3 is 0 Å². The first-order valence-corrected chi connectivity index (χ1v) is 9.29. The number of aliphatic hydroxyl groups is 1. The Bertz CT molecular complexity index is 906. The Kier molecular flexibility index (Phi) is 4.83. The number of rotatable bonds is 4. The fraction of sp³-hybridized carbons (Fsp3) is 0.350. The third-order valence-corrected chi connectivity index (χ3v) is 5.43. The maximum absolute atomic E-state index is 14.4. The predicted molar refractivity (Wildman–Crippen MR) is 102 cm³/mol. The molecule has 0 spiro atoms. The maximum atomic E-state index is 14.4. The molecule has 1 aromatic heterocycles. The van der Waals surface area contributed by atoms with E-state index in [1.807, 2.05) is 28.8 Å². The van der Waals surface area contributed by atoms with Gasteiger partial charge in [0.05, 0.1) is 17.6 Å². The molecule has 1 aliphatic heterocycles. The molecule has 2 aromatic carbocycles. The number of piperidine rings is 1. The summed E-state index contributed by atoms with van der Waals surface area (Å²) in [6.45, 7) is 2.13. The average Bonchev–Trinajstić information content (AvgIpc) is 3.03. The highest BCUT2D eigenvalue weighted by Gasteiger charge is 2.24. The lowest BCUT2D eigenvalue weighted by molar-refractivity contribution is 0.208. The molecule has 0 aliphatic carbocycles. The minimum Gasteiger partial charge on any atom is -0.396 e. The van der Waals surface area contributed by atoms with Gasteiger partial charge in [0.2, 0.25) is 5.95 Å². The van der Waals surface area contributed by atoms with Crippen molar-refractivity contribution in [2.75, 3.05) is 24.6 Å². The summed E-state index contributed by atoms with van der Waals surface area (Å²) in [7, 11) is 0. The van der Waals surface area contributed by atoms with E-state index in [9.17, 15) is 9.50 Å². The first kappa shape index (κ1) is 17.3. The highest BCUT2D eigenvalue weighted by molar-refractivity contribution is 6.31. The van der Waals surface area contributed by atoms with Gasteiger partial charge < -0.3 is 14.6 Å². The van der Waals surface area contributed by atoms with Crippen molar-refractivity contribution in [3.63, 3.8) is 0 Å². The minimum atomic E-state index is -0.312. The van der Waals surface area contributed by atoms with Crippen LogP contribution in [0.5, 0.6) is 0 Å². The molecule has 1 saturated heterocycles. The van der Waals surface area contributed by atoms with Crippen LogP contribution in [0.1, 0.15) is 18.4 Å². The number of nitrogens with zero attached hydrogens (tertiary/aromatic N) is 3. The number of fused-ring (bicyclic) bond motifs is 1. The van der Waals surface area contributed by atoms with Crippen molar-refractivity contribution < 1.29 is 9.50 Å². The van der Waals surface area contributed by atoms with Crippen LogP contribution in [0.15, 0.2) is 42.5 Å². The second kappa shape index (κ2) is 7.25. The Morgan fingerprint density at radius 2 is 2.04 bits per heavy atom. The molecule has 1 fully saturated rings. The third-order valence-electron chi connectivity index (χ3n) is 5.07. The van der Waals surface area contributed by atoms with Gasteiger partial charge in [0, 0.05) is 30.3 Å². The molecule has 6 heteroatoms. The van der Waals surface area contributed by atoms with Crippen LogP contribution in [0.2, 0.25) is 5.02 Å². The molecule has 0 radical (unpaired) electrons. The summed E-state index contributed by atoms with van der Waals surface area (Å²) >= 11 is 6.26. The second-order valence-electron chi connectivity index (χ2n) is 6.82. The summed E-state index contributed by atoms with van der Waals surface area (Å²) in [6.07, 6.45) is 2.03. The lowest BCUT2D eigenvalue weighted by atomic mass is 9.99. The molecule has 4 rings (SSSR count). The number of aromatic nitrogens is 2. The predicted octanol–water partition coefficient (Wildman–Crippen LogP) is 4.09. The quantitative estimate of drug-likeness (QED) is 0.749. The van der Waals surface area contributed by atoms with Gasteiger partial charge in [0.25, 0.3) is 0 Å². The summed E-state index contributed by atoms with van der Waals surface area (Å²) in [6, 6.07) is 12.6. The van der Waals surface area contributed by atoms with Crippen molar-refractivity contribution in [2.24, 2.45) is 5.92 Å². The summed E-state index contributed by atoms with van der Waals surface area (Å²) < 4.78 is 16.4. The van der Waals surface area contributed by atoms with Gasteiger partial charge in [-0.1, -0.05) is 29.8 Å². The van der Waals surface area contributed by atoms with Gasteiger partial charge in [0.1, 0.15) is 5.82 Å². The first-order valence-electron chi connectivity index (χ1n) is 8.91. The topological polar surface area (TPSA) is 41.3 Å². The lowest BCUT2D eigenvalue weighted by Crippen LogP contribution is -2.38. The Morgan fingerprint density at radius 3 is 2.85 bits per heavy atom. The maximum Gasteiger partial charge on any atom is 0.206 e. The van der Waals surface area contributed by atoms with E-state index in [0.29, 0.717) is 17.1 Å². The largest absolute Gasteiger partial charge is 0.396 e. The molecule has 1 atom stereocenters. The number of hydrogen-bond acceptors (Lipinski definition) is 3. The van der Waals surface area contributed by atoms with Crippen molar-refractivity contribution >= 4 is 28.6 Å². The van der Waals surface area contributed by atoms with Crippen molar-refractivity contribution in [3.8, 4) is 0 Å². The van der Waals surface area contributed by atoms with Crippen molar-refractivity contribution in [1.82, 2.24) is 9.55 Å². The Labute approximate surface area is 156 Å². The summed E-state index contributed by atoms with van der Waals surface area (Å²) in [5, 5.41) is 9.97. The van der Waals surface area contributed by atoms with Crippen LogP contribution < -0.4 is 4.90 Å². The smallest absolute Gasteiger partial charge is 0.206 e. The van der Waals surface area contributed by atoms with Gasteiger partial charge in [-0.15, -0.1) is 0 Å². The molecule has 136 valence electrons. The summed E-state index contributed by atoms with van der Waals surface area (Å²) in [5.41, 5.74) is 2.29. The van der Waals surface area contributed by atoms with Crippen LogP contribution in [0.4, 0.5) is 10.3 Å². The summed E-state index contributed by atoms with van der Waals surface area (Å²) in [4.78, 5) is 7.00. The zero-order valence-electron chi connectivity index (χ0n) is 14.4. The number of anilines is 1. The zero-order chi connectivity index (χ0) is 18.1. The van der Waals surface area contributed by atoms with Crippen molar-refractivity contribution in [3.05, 3.63) is 58.9 Å². The van der Waals surface area contributed by atoms with E-state index in [2.05, 4.69) is 4.90 Å². The normalized spacial score (nSPS) is 17.8. The van der Waals surface area contributed by atoms with Gasteiger partial charge in [-0.3, -0.25) is 0 Å². The number of benzene rings is 2. The molecular formula is C20H21ClFN3O. The molecule has 4 nitrogen and oxygen atoms in total. The van der Waals surface area contributed by atoms with Crippen LogP contribution in [0, 0.1) is 11.7 Å². The second-order valence-corrected chi connectivity index (χ2v) is 7.23. The molecule has 0 saturated carbocycles. The fourth-order valence-corrected chi connectivity index (χ4v) is 3.92. The van der Waals surface area contributed by atoms with E-state index in [1.54, 1.807) is 12.1 Å². The monoisotopic (exact) mass is 373 g/mol. The molecule has 2 heterocycles. The Balaban J connectivity index is 1.79. The number of imidazole rings is 1. The average molecular weight is 374 g/mol. The standard InChI is InChI=1S/C20H21ClFN3O/c21-16-6-3-7-17(22)15(16)12-25-19-9-2-1-8-18(19)23-20(25)24-10-4-5-14(11-24)13-26/h1-3,6-9,14,26H,4-5,10-13H2/t14-/m1/s1. The molecule has 0 unspecified atom stereocenters. The molecule has 26 heavy (non-hydrogen) atoms. The van der Waals surface area contributed by atoms with E-state index in [4.69, 9.17) is 16.6 Å². The SMILES string of the molecule is OC[C@@H]1CCCN(c2nc3ccccc3n2Cc2c(F)cccc2Cl)C1. The zero-order valence-corrected chi connectivity index (χ0v) is 15.2. The van der Waals surface area contributed by atoms with E-state index in [-0.39, 0.29) is 18.3 Å². The van der Waals surface area contributed by atoms with Crippen LogP contribution in [-0.2, 0) is 6.54 Å². The highest BCUT2D eigenvalue weighted by atomic mass is 35.5. The van der Waals surface area contributed by atoms with Crippen molar-refractivity contribution in [1.29, 1.82) is 0 Å². The first-order chi connectivity index (χ1) is 12.7. The van der Waals surface area contributed by atoms with Gasteiger partial charge in [-0.25, -0.2) is 9.37 Å². The van der Waals surface area contributed by atoms with Crippen molar-refractivity contribution in [2.45, 2.75) is 19.4 Å². The van der Waals surface area contributed by atoms with Crippen LogP contribution in [0.3, 0.4) is 0 Å². The Morgan fingerprint density at radius 1 is 1.19 bits per heavy atom. The molecule has 3 aromatic rings. The number of hydrogen-bond donors (Lipinski definition) is 1. The molecular weight excluding hydrogens is 353 g/mol. The number of aliphatic hydroxyl groups excluding tert-OH is 1. The number of para-hydroxylation sites is 2. The molecule has 0 amide bonds. The van der Waals surface area contributed by atoms with Gasteiger partial charge in [-0.05, 0) is 43.0 Å². The molecule has 1 N–H and O–H groups in total. The van der Waals surface area contributed by atoms with Gasteiger partial charge in [-0.2, -0.15) is 0 Å². The van der Waals surface area contributed by atoms with E-state index >= 15 is 0 Å².